The van der Waals surface area contributed by atoms with Gasteiger partial charge in [-0.2, -0.15) is 13.2 Å². The Hall–Kier alpha value is -0.830. The molecule has 1 aliphatic heterocycles. The molecule has 0 amide bonds. The third kappa shape index (κ3) is 3.03. The maximum absolute atomic E-state index is 13.0. The van der Waals surface area contributed by atoms with Crippen molar-refractivity contribution in [2.75, 3.05) is 18.8 Å². The van der Waals surface area contributed by atoms with Gasteiger partial charge >= 0.3 is 12.1 Å². The van der Waals surface area contributed by atoms with Crippen molar-refractivity contribution in [2.45, 2.75) is 38.3 Å². The highest BCUT2D eigenvalue weighted by Gasteiger charge is 2.64. The first kappa shape index (κ1) is 16.5. The molecular formula is C12H18F3NO4S. The van der Waals surface area contributed by atoms with Gasteiger partial charge in [-0.25, -0.2) is 12.7 Å². The second-order valence-corrected chi connectivity index (χ2v) is 7.96. The van der Waals surface area contributed by atoms with Crippen LogP contribution in [0.2, 0.25) is 0 Å². The Kier molecular flexibility index (Phi) is 4.27. The zero-order valence-corrected chi connectivity index (χ0v) is 12.2. The SMILES string of the molecule is O=C(O)C1(C(F)(F)F)CCN(S(=O)(=O)CCC2CCC2)C1. The summed E-state index contributed by atoms with van der Waals surface area (Å²) in [5, 5.41) is 8.91. The predicted molar refractivity (Wildman–Crippen MR) is 68.1 cm³/mol. The van der Waals surface area contributed by atoms with E-state index in [9.17, 15) is 26.4 Å². The molecule has 0 aromatic rings. The van der Waals surface area contributed by atoms with Crippen LogP contribution in [0.3, 0.4) is 0 Å². The van der Waals surface area contributed by atoms with E-state index in [1.165, 1.54) is 0 Å². The van der Waals surface area contributed by atoms with Gasteiger partial charge < -0.3 is 5.11 Å². The van der Waals surface area contributed by atoms with Crippen LogP contribution in [0.25, 0.3) is 0 Å². The van der Waals surface area contributed by atoms with E-state index in [4.69, 9.17) is 5.11 Å². The molecule has 122 valence electrons. The van der Waals surface area contributed by atoms with Crippen LogP contribution in [-0.4, -0.2) is 48.8 Å². The van der Waals surface area contributed by atoms with E-state index in [0.717, 1.165) is 19.3 Å². The number of aliphatic carboxylic acids is 1. The summed E-state index contributed by atoms with van der Waals surface area (Å²) in [6.45, 7) is -1.41. The van der Waals surface area contributed by atoms with Crippen molar-refractivity contribution in [3.05, 3.63) is 0 Å². The van der Waals surface area contributed by atoms with Crippen molar-refractivity contribution in [1.82, 2.24) is 4.31 Å². The molecule has 5 nitrogen and oxygen atoms in total. The van der Waals surface area contributed by atoms with E-state index < -0.39 is 47.1 Å². The summed E-state index contributed by atoms with van der Waals surface area (Å²) >= 11 is 0. The third-order valence-electron chi connectivity index (χ3n) is 4.59. The molecule has 0 aromatic carbocycles. The van der Waals surface area contributed by atoms with E-state index in [-0.39, 0.29) is 5.75 Å². The number of hydrogen-bond donors (Lipinski definition) is 1. The van der Waals surface area contributed by atoms with Crippen LogP contribution < -0.4 is 0 Å². The Morgan fingerprint density at radius 2 is 1.95 bits per heavy atom. The molecule has 0 spiro atoms. The van der Waals surface area contributed by atoms with Gasteiger partial charge in [0.2, 0.25) is 10.0 Å². The number of hydrogen-bond acceptors (Lipinski definition) is 3. The van der Waals surface area contributed by atoms with Gasteiger partial charge in [-0.15, -0.1) is 0 Å². The molecule has 1 saturated heterocycles. The molecule has 0 aromatic heterocycles. The van der Waals surface area contributed by atoms with Gasteiger partial charge in [-0.1, -0.05) is 19.3 Å². The molecule has 2 aliphatic rings. The van der Waals surface area contributed by atoms with Crippen LogP contribution >= 0.6 is 0 Å². The van der Waals surface area contributed by atoms with E-state index in [2.05, 4.69) is 0 Å². The quantitative estimate of drug-likeness (QED) is 0.835. The van der Waals surface area contributed by atoms with Crippen molar-refractivity contribution >= 4 is 16.0 Å². The lowest BCUT2D eigenvalue weighted by atomic mass is 9.84. The maximum Gasteiger partial charge on any atom is 0.406 e. The van der Waals surface area contributed by atoms with Crippen LogP contribution in [0.15, 0.2) is 0 Å². The monoisotopic (exact) mass is 329 g/mol. The van der Waals surface area contributed by atoms with Crippen molar-refractivity contribution in [3.8, 4) is 0 Å². The molecule has 1 saturated carbocycles. The van der Waals surface area contributed by atoms with Crippen LogP contribution in [0, 0.1) is 11.3 Å². The van der Waals surface area contributed by atoms with Crippen LogP contribution in [0.1, 0.15) is 32.1 Å². The number of rotatable bonds is 5. The fraction of sp³-hybridized carbons (Fsp3) is 0.917. The molecule has 2 fully saturated rings. The number of sulfonamides is 1. The number of nitrogens with zero attached hydrogens (tertiary/aromatic N) is 1. The van der Waals surface area contributed by atoms with Crippen molar-refractivity contribution in [2.24, 2.45) is 11.3 Å². The second-order valence-electron chi connectivity index (χ2n) is 5.87. The van der Waals surface area contributed by atoms with Gasteiger partial charge in [0.05, 0.1) is 5.75 Å². The molecule has 1 unspecified atom stereocenters. The predicted octanol–water partition coefficient (Wildman–Crippen LogP) is 1.85. The summed E-state index contributed by atoms with van der Waals surface area (Å²) in [4.78, 5) is 11.0. The lowest BCUT2D eigenvalue weighted by Crippen LogP contribution is -2.48. The summed E-state index contributed by atoms with van der Waals surface area (Å²) < 4.78 is 63.9. The number of carbonyl (C=O) groups is 1. The molecule has 1 aliphatic carbocycles. The van der Waals surface area contributed by atoms with Gasteiger partial charge in [0.25, 0.3) is 0 Å². The zero-order valence-electron chi connectivity index (χ0n) is 11.4. The highest BCUT2D eigenvalue weighted by molar-refractivity contribution is 7.89. The van der Waals surface area contributed by atoms with Crippen molar-refractivity contribution in [1.29, 1.82) is 0 Å². The Balaban J connectivity index is 2.07. The van der Waals surface area contributed by atoms with Gasteiger partial charge in [-0.05, 0) is 18.8 Å². The molecule has 1 N–H and O–H groups in total. The maximum atomic E-state index is 13.0. The molecule has 21 heavy (non-hydrogen) atoms. The summed E-state index contributed by atoms with van der Waals surface area (Å²) in [5.74, 6) is -1.88. The van der Waals surface area contributed by atoms with Crippen LogP contribution in [-0.2, 0) is 14.8 Å². The minimum absolute atomic E-state index is 0.203. The fourth-order valence-electron chi connectivity index (χ4n) is 2.77. The minimum atomic E-state index is -4.96. The smallest absolute Gasteiger partial charge is 0.406 e. The lowest BCUT2D eigenvalue weighted by Gasteiger charge is -2.28. The Morgan fingerprint density at radius 3 is 2.33 bits per heavy atom. The Labute approximate surface area is 121 Å². The van der Waals surface area contributed by atoms with Crippen molar-refractivity contribution < 1.29 is 31.5 Å². The second kappa shape index (κ2) is 5.42. The molecule has 0 bridgehead atoms. The zero-order chi connectivity index (χ0) is 15.9. The summed E-state index contributed by atoms with van der Waals surface area (Å²) in [6, 6.07) is 0. The van der Waals surface area contributed by atoms with Gasteiger partial charge in [0, 0.05) is 13.1 Å². The van der Waals surface area contributed by atoms with Gasteiger partial charge in [0.15, 0.2) is 5.41 Å². The average molecular weight is 329 g/mol. The van der Waals surface area contributed by atoms with Gasteiger partial charge in [-0.3, -0.25) is 4.79 Å². The van der Waals surface area contributed by atoms with Gasteiger partial charge in [0.1, 0.15) is 0 Å². The molecule has 0 radical (unpaired) electrons. The standard InChI is InChI=1S/C12H18F3NO4S/c13-12(14,15)11(10(17)18)5-6-16(8-11)21(19,20)7-4-9-2-1-3-9/h9H,1-8H2,(H,17,18). The van der Waals surface area contributed by atoms with E-state index >= 15 is 0 Å². The lowest BCUT2D eigenvalue weighted by molar-refractivity contribution is -0.226. The Bertz CT molecular complexity index is 515. The third-order valence-corrected chi connectivity index (χ3v) is 6.44. The summed E-state index contributed by atoms with van der Waals surface area (Å²) in [5.41, 5.74) is -2.98. The normalized spacial score (nSPS) is 28.5. The molecule has 2 rings (SSSR count). The van der Waals surface area contributed by atoms with E-state index in [1.807, 2.05) is 0 Å². The van der Waals surface area contributed by atoms with Crippen LogP contribution in [0.5, 0.6) is 0 Å². The highest BCUT2D eigenvalue weighted by Crippen LogP contribution is 2.46. The fourth-order valence-corrected chi connectivity index (χ4v) is 4.44. The highest BCUT2D eigenvalue weighted by atomic mass is 32.2. The molecule has 1 heterocycles. The van der Waals surface area contributed by atoms with Crippen LogP contribution in [0.4, 0.5) is 13.2 Å². The number of alkyl halides is 3. The number of carboxylic acid groups (broad SMARTS) is 1. The topological polar surface area (TPSA) is 74.7 Å². The van der Waals surface area contributed by atoms with Crippen molar-refractivity contribution in [3.63, 3.8) is 0 Å². The molecular weight excluding hydrogens is 311 g/mol. The Morgan fingerprint density at radius 1 is 1.33 bits per heavy atom. The average Bonchev–Trinajstić information content (AvgIpc) is 2.72. The summed E-state index contributed by atoms with van der Waals surface area (Å²) in [6.07, 6.45) is -2.28. The first-order chi connectivity index (χ1) is 9.58. The minimum Gasteiger partial charge on any atom is -0.481 e. The van der Waals surface area contributed by atoms with E-state index in [1.54, 1.807) is 0 Å². The first-order valence-electron chi connectivity index (χ1n) is 6.86. The summed E-state index contributed by atoms with van der Waals surface area (Å²) in [7, 11) is -3.83. The molecule has 1 atom stereocenters. The largest absolute Gasteiger partial charge is 0.481 e. The number of halogens is 3. The number of carboxylic acids is 1. The van der Waals surface area contributed by atoms with E-state index in [0.29, 0.717) is 16.6 Å². The first-order valence-corrected chi connectivity index (χ1v) is 8.47. The molecule has 9 heteroatoms.